The molecule has 9 heteroatoms. The summed E-state index contributed by atoms with van der Waals surface area (Å²) in [6.07, 6.45) is 7.89. The zero-order valence-corrected chi connectivity index (χ0v) is 20.0. The quantitative estimate of drug-likeness (QED) is 0.389. The number of primary amides is 1. The average molecular weight is 517 g/mol. The molecule has 2 heterocycles. The molecule has 0 radical (unpaired) electrons. The van der Waals surface area contributed by atoms with Crippen molar-refractivity contribution in [3.63, 3.8) is 0 Å². The predicted octanol–water partition coefficient (Wildman–Crippen LogP) is 4.25. The van der Waals surface area contributed by atoms with Gasteiger partial charge in [0.2, 0.25) is 5.88 Å². The van der Waals surface area contributed by atoms with Crippen LogP contribution in [0.2, 0.25) is 0 Å². The van der Waals surface area contributed by atoms with Crippen LogP contribution in [0.3, 0.4) is 0 Å². The Kier molecular flexibility index (Phi) is 7.82. The number of fused-ring (bicyclic) bond motifs is 1. The highest BCUT2D eigenvalue weighted by Gasteiger charge is 2.23. The second-order valence-electron chi connectivity index (χ2n) is 8.44. The van der Waals surface area contributed by atoms with Crippen LogP contribution in [-0.2, 0) is 0 Å². The van der Waals surface area contributed by atoms with Gasteiger partial charge < -0.3 is 20.3 Å². The number of ether oxygens (including phenoxy) is 2. The van der Waals surface area contributed by atoms with E-state index in [2.05, 4.69) is 31.8 Å². The summed E-state index contributed by atoms with van der Waals surface area (Å²) in [7, 11) is 0. The summed E-state index contributed by atoms with van der Waals surface area (Å²) < 4.78 is 14.6. The molecule has 8 nitrogen and oxygen atoms in total. The number of unbranched alkanes of at least 4 members (excludes halogenated alkanes) is 1. The third kappa shape index (κ3) is 6.03. The molecule has 1 amide bonds. The molecular formula is C24H29BrN4O4. The minimum Gasteiger partial charge on any atom is -0.492 e. The van der Waals surface area contributed by atoms with Gasteiger partial charge in [-0.15, -0.1) is 0 Å². The summed E-state index contributed by atoms with van der Waals surface area (Å²) in [4.78, 5) is 15.3. The first kappa shape index (κ1) is 23.5. The van der Waals surface area contributed by atoms with E-state index in [1.165, 1.54) is 0 Å². The summed E-state index contributed by atoms with van der Waals surface area (Å²) in [5, 5.41) is 15.2. The minimum absolute atomic E-state index is 0.191. The van der Waals surface area contributed by atoms with Crippen molar-refractivity contribution in [2.24, 2.45) is 11.7 Å². The molecule has 1 aliphatic rings. The molecule has 0 aliphatic heterocycles. The number of hydrogen-bond donors (Lipinski definition) is 2. The van der Waals surface area contributed by atoms with Gasteiger partial charge in [0.25, 0.3) is 5.91 Å². The molecular weight excluding hydrogens is 488 g/mol. The first-order valence-electron chi connectivity index (χ1n) is 11.3. The molecule has 0 unspecified atom stereocenters. The van der Waals surface area contributed by atoms with Crippen LogP contribution in [0, 0.1) is 5.92 Å². The Morgan fingerprint density at radius 2 is 1.91 bits per heavy atom. The maximum absolute atomic E-state index is 11.2. The first-order valence-corrected chi connectivity index (χ1v) is 12.1. The van der Waals surface area contributed by atoms with E-state index in [-0.39, 0.29) is 12.3 Å². The number of carbonyl (C=O) groups is 1. The van der Waals surface area contributed by atoms with E-state index < -0.39 is 5.91 Å². The van der Waals surface area contributed by atoms with Gasteiger partial charge in [0.15, 0.2) is 0 Å². The number of pyridine rings is 1. The molecule has 4 rings (SSSR count). The van der Waals surface area contributed by atoms with E-state index in [9.17, 15) is 9.90 Å². The maximum atomic E-state index is 11.2. The zero-order valence-electron chi connectivity index (χ0n) is 18.5. The third-order valence-electron chi connectivity index (χ3n) is 6.05. The van der Waals surface area contributed by atoms with Crippen LogP contribution in [0.1, 0.15) is 55.1 Å². The molecule has 1 saturated carbocycles. The van der Waals surface area contributed by atoms with Gasteiger partial charge in [-0.05, 0) is 72.5 Å². The maximum Gasteiger partial charge on any atom is 0.267 e. The molecule has 0 spiro atoms. The van der Waals surface area contributed by atoms with Crippen LogP contribution in [0.4, 0.5) is 0 Å². The van der Waals surface area contributed by atoms with Crippen molar-refractivity contribution in [3.8, 4) is 11.6 Å². The predicted molar refractivity (Wildman–Crippen MR) is 128 cm³/mol. The van der Waals surface area contributed by atoms with Gasteiger partial charge >= 0.3 is 0 Å². The Bertz CT molecular complexity index is 1100. The number of carbonyl (C=O) groups excluding carboxylic acids is 1. The highest BCUT2D eigenvalue weighted by atomic mass is 79.9. The number of aliphatic hydroxyl groups is 1. The standard InChI is InChI=1S/C24H29BrN4O4/c25-19-12-17-14-29(18-8-6-16(15-30)7-9-18)28-21(17)13-22(19)32-10-1-2-11-33-23-5-3-4-20(27-23)24(26)31/h3-5,12-14,16,18,30H,1-2,6-11,15H2,(H2,26,31)/t16-,18-. The second kappa shape index (κ2) is 11.0. The van der Waals surface area contributed by atoms with Gasteiger partial charge in [-0.3, -0.25) is 9.48 Å². The lowest BCUT2D eigenvalue weighted by Crippen LogP contribution is -2.20. The first-order chi connectivity index (χ1) is 16.0. The van der Waals surface area contributed by atoms with Crippen LogP contribution in [-0.4, -0.2) is 45.6 Å². The Morgan fingerprint density at radius 1 is 1.15 bits per heavy atom. The molecule has 33 heavy (non-hydrogen) atoms. The number of rotatable bonds is 10. The number of benzene rings is 1. The van der Waals surface area contributed by atoms with Gasteiger partial charge in [-0.1, -0.05) is 6.07 Å². The average Bonchev–Trinajstić information content (AvgIpc) is 3.24. The van der Waals surface area contributed by atoms with Crippen molar-refractivity contribution in [1.29, 1.82) is 0 Å². The molecule has 176 valence electrons. The normalized spacial score (nSPS) is 18.4. The highest BCUT2D eigenvalue weighted by molar-refractivity contribution is 9.10. The van der Waals surface area contributed by atoms with E-state index >= 15 is 0 Å². The molecule has 2 aromatic heterocycles. The number of halogens is 1. The Morgan fingerprint density at radius 3 is 2.64 bits per heavy atom. The monoisotopic (exact) mass is 516 g/mol. The molecule has 3 aromatic rings. The Hall–Kier alpha value is -2.65. The summed E-state index contributed by atoms with van der Waals surface area (Å²) in [6, 6.07) is 9.37. The molecule has 0 saturated heterocycles. The molecule has 1 fully saturated rings. The number of hydrogen-bond acceptors (Lipinski definition) is 6. The Balaban J connectivity index is 1.26. The lowest BCUT2D eigenvalue weighted by Gasteiger charge is -2.27. The van der Waals surface area contributed by atoms with E-state index in [1.807, 2.05) is 12.1 Å². The molecule has 1 aromatic carbocycles. The fraction of sp³-hybridized carbons (Fsp3) is 0.458. The SMILES string of the molecule is NC(=O)c1cccc(OCCCCOc2cc3nn([C@H]4CC[C@H](CO)CC4)cc3cc2Br)n1. The van der Waals surface area contributed by atoms with Gasteiger partial charge in [-0.2, -0.15) is 5.10 Å². The summed E-state index contributed by atoms with van der Waals surface area (Å²) >= 11 is 3.61. The third-order valence-corrected chi connectivity index (χ3v) is 6.67. The van der Waals surface area contributed by atoms with Crippen molar-refractivity contribution in [2.45, 2.75) is 44.6 Å². The van der Waals surface area contributed by atoms with Gasteiger partial charge in [0, 0.05) is 30.3 Å². The smallest absolute Gasteiger partial charge is 0.267 e. The van der Waals surface area contributed by atoms with Crippen LogP contribution < -0.4 is 15.2 Å². The van der Waals surface area contributed by atoms with Crippen LogP contribution in [0.15, 0.2) is 41.0 Å². The topological polar surface area (TPSA) is 112 Å². The van der Waals surface area contributed by atoms with Crippen LogP contribution >= 0.6 is 15.9 Å². The number of nitrogens with two attached hydrogens (primary N) is 1. The molecule has 1 aliphatic carbocycles. The van der Waals surface area contributed by atoms with Crippen molar-refractivity contribution in [3.05, 3.63) is 46.7 Å². The van der Waals surface area contributed by atoms with Gasteiger partial charge in [-0.25, -0.2) is 4.98 Å². The fourth-order valence-electron chi connectivity index (χ4n) is 4.13. The zero-order chi connectivity index (χ0) is 23.2. The number of amides is 1. The molecule has 0 bridgehead atoms. The number of nitrogens with zero attached hydrogens (tertiary/aromatic N) is 3. The largest absolute Gasteiger partial charge is 0.492 e. The number of aliphatic hydroxyl groups excluding tert-OH is 1. The molecule has 3 N–H and O–H groups in total. The van der Waals surface area contributed by atoms with Crippen molar-refractivity contribution in [2.75, 3.05) is 19.8 Å². The van der Waals surface area contributed by atoms with Gasteiger partial charge in [0.1, 0.15) is 11.4 Å². The van der Waals surface area contributed by atoms with E-state index in [0.717, 1.165) is 59.7 Å². The fourth-order valence-corrected chi connectivity index (χ4v) is 4.60. The van der Waals surface area contributed by atoms with Crippen LogP contribution in [0.5, 0.6) is 11.6 Å². The number of aromatic nitrogens is 3. The van der Waals surface area contributed by atoms with Crippen molar-refractivity contribution in [1.82, 2.24) is 14.8 Å². The Labute approximate surface area is 201 Å². The van der Waals surface area contributed by atoms with E-state index in [4.69, 9.17) is 20.3 Å². The van der Waals surface area contributed by atoms with Crippen molar-refractivity contribution < 1.29 is 19.4 Å². The summed E-state index contributed by atoms with van der Waals surface area (Å²) in [5.74, 6) is 1.02. The van der Waals surface area contributed by atoms with Crippen LogP contribution in [0.25, 0.3) is 10.9 Å². The second-order valence-corrected chi connectivity index (χ2v) is 9.29. The lowest BCUT2D eigenvalue weighted by atomic mass is 9.87. The highest BCUT2D eigenvalue weighted by Crippen LogP contribution is 2.34. The summed E-state index contributed by atoms with van der Waals surface area (Å²) in [5.41, 5.74) is 6.35. The minimum atomic E-state index is -0.574. The molecule has 0 atom stereocenters. The van der Waals surface area contributed by atoms with E-state index in [1.54, 1.807) is 18.2 Å². The summed E-state index contributed by atoms with van der Waals surface area (Å²) in [6.45, 7) is 1.31. The van der Waals surface area contributed by atoms with Crippen molar-refractivity contribution >= 4 is 32.7 Å². The van der Waals surface area contributed by atoms with E-state index in [0.29, 0.717) is 31.1 Å². The lowest BCUT2D eigenvalue weighted by molar-refractivity contribution is 0.0994. The van der Waals surface area contributed by atoms with Gasteiger partial charge in [0.05, 0.1) is 29.2 Å².